The van der Waals surface area contributed by atoms with Crippen molar-refractivity contribution < 1.29 is 28.6 Å². The number of carbonyl (C=O) groups excluding carboxylic acids is 3. The highest BCUT2D eigenvalue weighted by atomic mass is 16.6. The Labute approximate surface area is 361 Å². The van der Waals surface area contributed by atoms with Gasteiger partial charge in [0.2, 0.25) is 0 Å². The van der Waals surface area contributed by atoms with Crippen molar-refractivity contribution in [3.8, 4) is 0 Å². The summed E-state index contributed by atoms with van der Waals surface area (Å²) in [6.07, 6.45) is 48.1. The summed E-state index contributed by atoms with van der Waals surface area (Å²) in [4.78, 5) is 37.9. The van der Waals surface area contributed by atoms with Crippen molar-refractivity contribution in [2.75, 3.05) is 13.2 Å². The molecule has 0 heterocycles. The maximum absolute atomic E-state index is 12.8. The lowest BCUT2D eigenvalue weighted by atomic mass is 10.0. The molecule has 0 aromatic rings. The van der Waals surface area contributed by atoms with E-state index in [-0.39, 0.29) is 31.1 Å². The number of hydrogen-bond acceptors (Lipinski definition) is 6. The van der Waals surface area contributed by atoms with E-state index in [9.17, 15) is 14.4 Å². The molecule has 0 saturated carbocycles. The van der Waals surface area contributed by atoms with Gasteiger partial charge in [-0.2, -0.15) is 0 Å². The fourth-order valence-electron chi connectivity index (χ4n) is 7.86. The predicted octanol–water partition coefficient (Wildman–Crippen LogP) is 16.7. The van der Waals surface area contributed by atoms with E-state index >= 15 is 0 Å². The smallest absolute Gasteiger partial charge is 0.306 e. The predicted molar refractivity (Wildman–Crippen MR) is 247 cm³/mol. The van der Waals surface area contributed by atoms with Crippen molar-refractivity contribution >= 4 is 17.9 Å². The summed E-state index contributed by atoms with van der Waals surface area (Å²) in [6, 6.07) is 0. The van der Waals surface area contributed by atoms with E-state index in [0.29, 0.717) is 19.3 Å². The molecule has 0 aromatic carbocycles. The Morgan fingerprint density at radius 1 is 0.328 bits per heavy atom. The van der Waals surface area contributed by atoms with Gasteiger partial charge in [-0.25, -0.2) is 0 Å². The zero-order chi connectivity index (χ0) is 42.4. The first-order chi connectivity index (χ1) is 28.4. The van der Waals surface area contributed by atoms with Crippen LogP contribution in [0.5, 0.6) is 0 Å². The van der Waals surface area contributed by atoms with Crippen molar-refractivity contribution in [3.63, 3.8) is 0 Å². The molecule has 58 heavy (non-hydrogen) atoms. The normalized spacial score (nSPS) is 11.9. The van der Waals surface area contributed by atoms with E-state index in [1.54, 1.807) is 0 Å². The standard InChI is InChI=1S/C52H100O6/c1-5-7-9-11-13-15-17-19-20-21-22-23-24-26-28-32-37-41-45-52(55)58-49(47-57-51(54)44-40-36-33-29-30-34-38-42-48(3)4)46-56-50(53)43-39-35-31-27-25-18-16-14-12-10-8-6-2/h48-49H,5-47H2,1-4H3/t49-/m0/s1. The Kier molecular flexibility index (Phi) is 45.2. The molecule has 0 spiro atoms. The number of ether oxygens (including phenoxy) is 3. The minimum absolute atomic E-state index is 0.0634. The molecular weight excluding hydrogens is 721 g/mol. The minimum atomic E-state index is -0.760. The Bertz CT molecular complexity index is 872. The van der Waals surface area contributed by atoms with E-state index in [4.69, 9.17) is 14.2 Å². The van der Waals surface area contributed by atoms with Gasteiger partial charge < -0.3 is 14.2 Å². The van der Waals surface area contributed by atoms with Gasteiger partial charge in [-0.05, 0) is 25.2 Å². The first-order valence-corrected chi connectivity index (χ1v) is 25.9. The third kappa shape index (κ3) is 45.5. The van der Waals surface area contributed by atoms with Crippen LogP contribution >= 0.6 is 0 Å². The minimum Gasteiger partial charge on any atom is -0.462 e. The van der Waals surface area contributed by atoms with Gasteiger partial charge >= 0.3 is 17.9 Å². The van der Waals surface area contributed by atoms with Gasteiger partial charge in [0.15, 0.2) is 6.10 Å². The topological polar surface area (TPSA) is 78.9 Å². The van der Waals surface area contributed by atoms with Crippen LogP contribution in [0.4, 0.5) is 0 Å². The van der Waals surface area contributed by atoms with Crippen LogP contribution in [0.25, 0.3) is 0 Å². The van der Waals surface area contributed by atoms with Gasteiger partial charge in [-0.3, -0.25) is 14.4 Å². The largest absolute Gasteiger partial charge is 0.462 e. The molecule has 0 radical (unpaired) electrons. The molecule has 6 nitrogen and oxygen atoms in total. The number of carbonyl (C=O) groups is 3. The van der Waals surface area contributed by atoms with Crippen LogP contribution in [0.2, 0.25) is 0 Å². The van der Waals surface area contributed by atoms with Crippen LogP contribution in [-0.4, -0.2) is 37.2 Å². The van der Waals surface area contributed by atoms with E-state index in [2.05, 4.69) is 27.7 Å². The first-order valence-electron chi connectivity index (χ1n) is 25.9. The molecule has 0 unspecified atom stereocenters. The highest BCUT2D eigenvalue weighted by molar-refractivity contribution is 5.71. The molecule has 0 aliphatic carbocycles. The van der Waals surface area contributed by atoms with Crippen LogP contribution in [0.3, 0.4) is 0 Å². The van der Waals surface area contributed by atoms with Crippen molar-refractivity contribution in [2.24, 2.45) is 5.92 Å². The molecule has 6 heteroatoms. The summed E-state index contributed by atoms with van der Waals surface area (Å²) >= 11 is 0. The molecule has 0 rings (SSSR count). The fourth-order valence-corrected chi connectivity index (χ4v) is 7.86. The molecule has 0 bridgehead atoms. The summed E-state index contributed by atoms with van der Waals surface area (Å²) < 4.78 is 16.8. The van der Waals surface area contributed by atoms with E-state index in [1.165, 1.54) is 186 Å². The molecule has 0 fully saturated rings. The molecule has 1 atom stereocenters. The van der Waals surface area contributed by atoms with Crippen molar-refractivity contribution in [2.45, 2.75) is 297 Å². The molecule has 0 aliphatic rings. The maximum Gasteiger partial charge on any atom is 0.306 e. The van der Waals surface area contributed by atoms with E-state index < -0.39 is 6.10 Å². The lowest BCUT2D eigenvalue weighted by molar-refractivity contribution is -0.167. The Morgan fingerprint density at radius 2 is 0.569 bits per heavy atom. The highest BCUT2D eigenvalue weighted by Gasteiger charge is 2.19. The SMILES string of the molecule is CCCCCCCCCCCCCCCCCCCCC(=O)O[C@@H](COC(=O)CCCCCCCCCCCCCC)COC(=O)CCCCCCCCCC(C)C. The average Bonchev–Trinajstić information content (AvgIpc) is 3.21. The van der Waals surface area contributed by atoms with E-state index in [0.717, 1.165) is 63.7 Å². The van der Waals surface area contributed by atoms with Gasteiger partial charge in [-0.15, -0.1) is 0 Å². The summed E-state index contributed by atoms with van der Waals surface area (Å²) in [5.74, 6) is -0.0666. The zero-order valence-electron chi connectivity index (χ0n) is 39.5. The Hall–Kier alpha value is -1.59. The molecule has 0 N–H and O–H groups in total. The summed E-state index contributed by atoms with van der Waals surface area (Å²) in [5, 5.41) is 0. The third-order valence-corrected chi connectivity index (χ3v) is 11.8. The van der Waals surface area contributed by atoms with Crippen molar-refractivity contribution in [1.82, 2.24) is 0 Å². The second-order valence-electron chi connectivity index (χ2n) is 18.3. The lowest BCUT2D eigenvalue weighted by Crippen LogP contribution is -2.30. The van der Waals surface area contributed by atoms with Crippen LogP contribution in [0.1, 0.15) is 291 Å². The number of unbranched alkanes of at least 4 members (excludes halogenated alkanes) is 34. The Morgan fingerprint density at radius 3 is 0.845 bits per heavy atom. The highest BCUT2D eigenvalue weighted by Crippen LogP contribution is 2.17. The Balaban J connectivity index is 4.26. The number of hydrogen-bond donors (Lipinski definition) is 0. The summed E-state index contributed by atoms with van der Waals surface area (Å²) in [6.45, 7) is 8.98. The summed E-state index contributed by atoms with van der Waals surface area (Å²) in [7, 11) is 0. The van der Waals surface area contributed by atoms with Gasteiger partial charge in [0.05, 0.1) is 0 Å². The van der Waals surface area contributed by atoms with Crippen molar-refractivity contribution in [3.05, 3.63) is 0 Å². The van der Waals surface area contributed by atoms with Gasteiger partial charge in [0, 0.05) is 19.3 Å². The molecule has 0 aliphatic heterocycles. The second kappa shape index (κ2) is 46.5. The van der Waals surface area contributed by atoms with Crippen LogP contribution in [-0.2, 0) is 28.6 Å². The molecule has 0 amide bonds. The zero-order valence-corrected chi connectivity index (χ0v) is 39.5. The second-order valence-corrected chi connectivity index (χ2v) is 18.3. The van der Waals surface area contributed by atoms with Crippen LogP contribution in [0, 0.1) is 5.92 Å². The van der Waals surface area contributed by atoms with Crippen LogP contribution < -0.4 is 0 Å². The van der Waals surface area contributed by atoms with Crippen LogP contribution in [0.15, 0.2) is 0 Å². The lowest BCUT2D eigenvalue weighted by Gasteiger charge is -2.18. The van der Waals surface area contributed by atoms with Gasteiger partial charge in [-0.1, -0.05) is 252 Å². The van der Waals surface area contributed by atoms with Gasteiger partial charge in [0.1, 0.15) is 13.2 Å². The monoisotopic (exact) mass is 821 g/mol. The third-order valence-electron chi connectivity index (χ3n) is 11.8. The quantitative estimate of drug-likeness (QED) is 0.0346. The summed E-state index contributed by atoms with van der Waals surface area (Å²) in [5.41, 5.74) is 0. The fraction of sp³-hybridized carbons (Fsp3) is 0.942. The first kappa shape index (κ1) is 56.4. The number of rotatable bonds is 47. The van der Waals surface area contributed by atoms with E-state index in [1.807, 2.05) is 0 Å². The number of esters is 3. The molecule has 0 saturated heterocycles. The van der Waals surface area contributed by atoms with Gasteiger partial charge in [0.25, 0.3) is 0 Å². The average molecular weight is 821 g/mol. The molecular formula is C52H100O6. The molecule has 0 aromatic heterocycles. The van der Waals surface area contributed by atoms with Crippen molar-refractivity contribution in [1.29, 1.82) is 0 Å². The molecule has 344 valence electrons. The maximum atomic E-state index is 12.8.